The minimum absolute atomic E-state index is 0.312. The van der Waals surface area contributed by atoms with Gasteiger partial charge in [-0.25, -0.2) is 9.78 Å². The molecule has 19 heavy (non-hydrogen) atoms. The minimum Gasteiger partial charge on any atom is -0.480 e. The molecule has 1 fully saturated rings. The van der Waals surface area contributed by atoms with Gasteiger partial charge in [-0.1, -0.05) is 25.7 Å². The molecule has 1 aliphatic rings. The number of carbonyl (C=O) groups is 2. The van der Waals surface area contributed by atoms with Gasteiger partial charge in [0.25, 0.3) is 5.91 Å². The summed E-state index contributed by atoms with van der Waals surface area (Å²) in [5.41, 5.74) is -0.808. The zero-order valence-electron chi connectivity index (χ0n) is 10.9. The molecule has 0 atom stereocenters. The van der Waals surface area contributed by atoms with E-state index >= 15 is 0 Å². The summed E-state index contributed by atoms with van der Waals surface area (Å²) < 4.78 is 0. The van der Waals surface area contributed by atoms with Crippen molar-refractivity contribution in [3.8, 4) is 0 Å². The van der Waals surface area contributed by atoms with Gasteiger partial charge in [0, 0.05) is 5.38 Å². The maximum Gasteiger partial charge on any atom is 0.329 e. The Morgan fingerprint density at radius 1 is 1.32 bits per heavy atom. The molecular formula is C13H18N2O3S. The molecule has 1 aromatic rings. The van der Waals surface area contributed by atoms with Gasteiger partial charge in [0.1, 0.15) is 11.2 Å². The number of thiazole rings is 1. The highest BCUT2D eigenvalue weighted by molar-refractivity contribution is 7.09. The Morgan fingerprint density at radius 2 is 1.95 bits per heavy atom. The molecule has 0 spiro atoms. The number of rotatable bonds is 3. The molecule has 1 aromatic heterocycles. The predicted octanol–water partition coefficient (Wildman–Crippen LogP) is 2.36. The fraction of sp³-hybridized carbons (Fsp3) is 0.615. The Kier molecular flexibility index (Phi) is 4.19. The average Bonchev–Trinajstić information content (AvgIpc) is 2.65. The molecule has 2 N–H and O–H groups in total. The number of carbonyl (C=O) groups excluding carboxylic acids is 1. The lowest BCUT2D eigenvalue weighted by Crippen LogP contribution is -2.54. The predicted molar refractivity (Wildman–Crippen MR) is 72.4 cm³/mol. The van der Waals surface area contributed by atoms with Gasteiger partial charge in [-0.05, 0) is 19.8 Å². The summed E-state index contributed by atoms with van der Waals surface area (Å²) in [5, 5.41) is 14.7. The molecule has 1 saturated carbocycles. The number of hydrogen-bond acceptors (Lipinski definition) is 4. The van der Waals surface area contributed by atoms with E-state index in [4.69, 9.17) is 0 Å². The molecular weight excluding hydrogens is 264 g/mol. The number of nitrogens with one attached hydrogen (secondary N) is 1. The van der Waals surface area contributed by atoms with Crippen LogP contribution in [-0.4, -0.2) is 27.5 Å². The van der Waals surface area contributed by atoms with Crippen molar-refractivity contribution in [1.82, 2.24) is 10.3 Å². The molecule has 1 aliphatic carbocycles. The maximum atomic E-state index is 12.1. The van der Waals surface area contributed by atoms with Crippen LogP contribution in [0.5, 0.6) is 0 Å². The normalized spacial score (nSPS) is 18.6. The summed E-state index contributed by atoms with van der Waals surface area (Å²) in [6.45, 7) is 1.82. The Morgan fingerprint density at radius 3 is 2.42 bits per heavy atom. The van der Waals surface area contributed by atoms with Crippen molar-refractivity contribution < 1.29 is 14.7 Å². The Labute approximate surface area is 116 Å². The van der Waals surface area contributed by atoms with Crippen molar-refractivity contribution >= 4 is 23.2 Å². The second-order valence-electron chi connectivity index (χ2n) is 5.01. The molecule has 0 aromatic carbocycles. The summed E-state index contributed by atoms with van der Waals surface area (Å²) in [4.78, 5) is 27.8. The average molecular weight is 282 g/mol. The molecule has 0 aliphatic heterocycles. The SMILES string of the molecule is Cc1nc(C(=O)NC2(C(=O)O)CCCCCC2)cs1. The van der Waals surface area contributed by atoms with Crippen LogP contribution in [0.3, 0.4) is 0 Å². The molecule has 0 saturated heterocycles. The standard InChI is InChI=1S/C13H18N2O3S/c1-9-14-10(8-19-9)11(16)15-13(12(17)18)6-4-2-3-5-7-13/h8H,2-7H2,1H3,(H,15,16)(H,17,18). The van der Waals surface area contributed by atoms with Gasteiger partial charge in [-0.3, -0.25) is 4.79 Å². The van der Waals surface area contributed by atoms with Gasteiger partial charge in [0.2, 0.25) is 0 Å². The quantitative estimate of drug-likeness (QED) is 0.834. The third kappa shape index (κ3) is 3.12. The van der Waals surface area contributed by atoms with E-state index in [1.54, 1.807) is 5.38 Å². The van der Waals surface area contributed by atoms with E-state index < -0.39 is 11.5 Å². The number of aryl methyl sites for hydroxylation is 1. The molecule has 0 unspecified atom stereocenters. The molecule has 1 amide bonds. The molecule has 0 bridgehead atoms. The maximum absolute atomic E-state index is 12.1. The summed E-state index contributed by atoms with van der Waals surface area (Å²) in [6, 6.07) is 0. The van der Waals surface area contributed by atoms with Crippen molar-refractivity contribution in [1.29, 1.82) is 0 Å². The molecule has 2 rings (SSSR count). The second kappa shape index (κ2) is 5.69. The van der Waals surface area contributed by atoms with Crippen LogP contribution < -0.4 is 5.32 Å². The second-order valence-corrected chi connectivity index (χ2v) is 6.07. The van der Waals surface area contributed by atoms with Gasteiger partial charge < -0.3 is 10.4 Å². The van der Waals surface area contributed by atoms with E-state index in [-0.39, 0.29) is 5.91 Å². The number of carboxylic acids is 1. The third-order valence-electron chi connectivity index (χ3n) is 3.57. The summed E-state index contributed by atoms with van der Waals surface area (Å²) >= 11 is 1.39. The largest absolute Gasteiger partial charge is 0.480 e. The highest BCUT2D eigenvalue weighted by Gasteiger charge is 2.40. The van der Waals surface area contributed by atoms with Crippen LogP contribution in [0.25, 0.3) is 0 Å². The van der Waals surface area contributed by atoms with Crippen LogP contribution in [0.1, 0.15) is 54.0 Å². The van der Waals surface area contributed by atoms with Gasteiger partial charge >= 0.3 is 5.97 Å². The van der Waals surface area contributed by atoms with Crippen LogP contribution in [0, 0.1) is 6.92 Å². The molecule has 1 heterocycles. The first kappa shape index (κ1) is 14.0. The minimum atomic E-state index is -1.12. The summed E-state index contributed by atoms with van der Waals surface area (Å²) in [6.07, 6.45) is 4.72. The van der Waals surface area contributed by atoms with Crippen LogP contribution in [0.15, 0.2) is 5.38 Å². The number of aromatic nitrogens is 1. The molecule has 104 valence electrons. The lowest BCUT2D eigenvalue weighted by Gasteiger charge is -2.28. The Hall–Kier alpha value is -1.43. The van der Waals surface area contributed by atoms with E-state index in [0.29, 0.717) is 18.5 Å². The first-order valence-electron chi connectivity index (χ1n) is 6.51. The highest BCUT2D eigenvalue weighted by Crippen LogP contribution is 2.28. The van der Waals surface area contributed by atoms with E-state index in [0.717, 1.165) is 30.7 Å². The van der Waals surface area contributed by atoms with Gasteiger partial charge in [0.15, 0.2) is 0 Å². The third-order valence-corrected chi connectivity index (χ3v) is 4.34. The highest BCUT2D eigenvalue weighted by atomic mass is 32.1. The van der Waals surface area contributed by atoms with E-state index in [2.05, 4.69) is 10.3 Å². The lowest BCUT2D eigenvalue weighted by molar-refractivity contribution is -0.145. The van der Waals surface area contributed by atoms with Crippen LogP contribution in [0.2, 0.25) is 0 Å². The van der Waals surface area contributed by atoms with Crippen molar-refractivity contribution in [2.75, 3.05) is 0 Å². The monoisotopic (exact) mass is 282 g/mol. The lowest BCUT2D eigenvalue weighted by atomic mass is 9.90. The Bertz CT molecular complexity index is 476. The number of carboxylic acid groups (broad SMARTS) is 1. The zero-order chi connectivity index (χ0) is 13.9. The Balaban J connectivity index is 2.16. The molecule has 5 nitrogen and oxygen atoms in total. The zero-order valence-corrected chi connectivity index (χ0v) is 11.8. The topological polar surface area (TPSA) is 79.3 Å². The van der Waals surface area contributed by atoms with E-state index in [9.17, 15) is 14.7 Å². The number of amides is 1. The van der Waals surface area contributed by atoms with Crippen molar-refractivity contribution in [2.45, 2.75) is 51.0 Å². The fourth-order valence-electron chi connectivity index (χ4n) is 2.47. The number of nitrogens with zero attached hydrogens (tertiary/aromatic N) is 1. The van der Waals surface area contributed by atoms with Crippen molar-refractivity contribution in [3.63, 3.8) is 0 Å². The van der Waals surface area contributed by atoms with Gasteiger partial charge in [-0.2, -0.15) is 0 Å². The van der Waals surface area contributed by atoms with E-state index in [1.807, 2.05) is 6.92 Å². The summed E-state index contributed by atoms with van der Waals surface area (Å²) in [7, 11) is 0. The molecule has 6 heteroatoms. The van der Waals surface area contributed by atoms with Crippen molar-refractivity contribution in [3.05, 3.63) is 16.1 Å². The van der Waals surface area contributed by atoms with Gasteiger partial charge in [-0.15, -0.1) is 11.3 Å². The first-order valence-corrected chi connectivity index (χ1v) is 7.39. The van der Waals surface area contributed by atoms with Gasteiger partial charge in [0.05, 0.1) is 5.01 Å². The van der Waals surface area contributed by atoms with Crippen LogP contribution in [0.4, 0.5) is 0 Å². The number of hydrogen-bond donors (Lipinski definition) is 2. The summed E-state index contributed by atoms with van der Waals surface area (Å²) in [5.74, 6) is -1.32. The number of aliphatic carboxylic acids is 1. The smallest absolute Gasteiger partial charge is 0.329 e. The van der Waals surface area contributed by atoms with Crippen LogP contribution in [-0.2, 0) is 4.79 Å². The first-order chi connectivity index (χ1) is 9.03. The van der Waals surface area contributed by atoms with Crippen LogP contribution >= 0.6 is 11.3 Å². The fourth-order valence-corrected chi connectivity index (χ4v) is 3.07. The van der Waals surface area contributed by atoms with E-state index in [1.165, 1.54) is 11.3 Å². The molecule has 0 radical (unpaired) electrons. The van der Waals surface area contributed by atoms with Crippen molar-refractivity contribution in [2.24, 2.45) is 0 Å².